The van der Waals surface area contributed by atoms with Crippen LogP contribution in [0.2, 0.25) is 5.02 Å². The average Bonchev–Trinajstić information content (AvgIpc) is 2.98. The molecule has 0 aromatic heterocycles. The summed E-state index contributed by atoms with van der Waals surface area (Å²) in [6.45, 7) is 8.01. The summed E-state index contributed by atoms with van der Waals surface area (Å²) in [4.78, 5) is 13.8. The van der Waals surface area contributed by atoms with Crippen LogP contribution in [0.1, 0.15) is 61.6 Å². The van der Waals surface area contributed by atoms with E-state index in [4.69, 9.17) is 16.3 Å². The van der Waals surface area contributed by atoms with Gasteiger partial charge in [-0.1, -0.05) is 36.7 Å². The van der Waals surface area contributed by atoms with E-state index in [2.05, 4.69) is 29.7 Å². The number of carboxylic acid groups (broad SMARTS) is 1. The predicted octanol–water partition coefficient (Wildman–Crippen LogP) is 5.96. The first-order valence-corrected chi connectivity index (χ1v) is 13.5. The van der Waals surface area contributed by atoms with Crippen molar-refractivity contribution in [3.05, 3.63) is 70.8 Å². The van der Waals surface area contributed by atoms with E-state index in [0.29, 0.717) is 12.5 Å². The first-order chi connectivity index (χ1) is 17.3. The fraction of sp³-hybridized carbons (Fsp3) is 0.500. The topological polar surface area (TPSA) is 70.0 Å². The normalized spacial score (nSPS) is 26.6. The molecule has 1 heterocycles. The number of carboxylic acids is 1. The van der Waals surface area contributed by atoms with Gasteiger partial charge in [-0.25, -0.2) is 0 Å². The van der Waals surface area contributed by atoms with E-state index < -0.39 is 12.1 Å². The fourth-order valence-electron chi connectivity index (χ4n) is 6.55. The standard InChI is InChI=1S/C30H36ClNO4/c1-3-27(33)24-9-6-22(24)16-32-17-30(12-4-5-21-14-23(31)8-10-25(21)30)18-36-28-11-7-20(15-26(28)32)19(2)13-29(34)35/h3,7-8,10-11,14-15,19,22,24,27,33H,1,4-6,9,12-13,16-18H2,2H3,(H,34,35)/t19-,22+,24-,27?,30+/m1/s1. The molecule has 2 aliphatic carbocycles. The molecule has 5 rings (SSSR count). The molecule has 5 nitrogen and oxygen atoms in total. The van der Waals surface area contributed by atoms with Crippen LogP contribution in [0.15, 0.2) is 49.1 Å². The van der Waals surface area contributed by atoms with Crippen LogP contribution in [0.3, 0.4) is 0 Å². The van der Waals surface area contributed by atoms with Crippen molar-refractivity contribution in [2.75, 3.05) is 24.6 Å². The Bertz CT molecular complexity index is 1150. The van der Waals surface area contributed by atoms with Crippen molar-refractivity contribution in [3.63, 3.8) is 0 Å². The molecule has 0 amide bonds. The van der Waals surface area contributed by atoms with Crippen LogP contribution >= 0.6 is 11.6 Å². The van der Waals surface area contributed by atoms with Crippen LogP contribution in [0, 0.1) is 11.8 Å². The van der Waals surface area contributed by atoms with Crippen LogP contribution in [0.4, 0.5) is 5.69 Å². The highest BCUT2D eigenvalue weighted by Crippen LogP contribution is 2.47. The number of hydrogen-bond acceptors (Lipinski definition) is 4. The molecular weight excluding hydrogens is 474 g/mol. The number of aryl methyl sites for hydroxylation is 1. The lowest BCUT2D eigenvalue weighted by molar-refractivity contribution is -0.137. The minimum atomic E-state index is -0.794. The number of fused-ring (bicyclic) bond motifs is 3. The van der Waals surface area contributed by atoms with E-state index in [1.54, 1.807) is 6.08 Å². The first kappa shape index (κ1) is 25.2. The summed E-state index contributed by atoms with van der Waals surface area (Å²) in [6.07, 6.45) is 6.50. The molecule has 2 N–H and O–H groups in total. The lowest BCUT2D eigenvalue weighted by atomic mass is 9.68. The lowest BCUT2D eigenvalue weighted by Gasteiger charge is -2.45. The van der Waals surface area contributed by atoms with Crippen LogP contribution in [0.5, 0.6) is 5.75 Å². The van der Waals surface area contributed by atoms with E-state index >= 15 is 0 Å². The third-order valence-corrected chi connectivity index (χ3v) is 8.96. The lowest BCUT2D eigenvalue weighted by Crippen LogP contribution is -2.49. The van der Waals surface area contributed by atoms with Crippen molar-refractivity contribution < 1.29 is 19.7 Å². The molecule has 0 radical (unpaired) electrons. The van der Waals surface area contributed by atoms with E-state index in [1.165, 1.54) is 11.1 Å². The van der Waals surface area contributed by atoms with Crippen LogP contribution in [0.25, 0.3) is 0 Å². The van der Waals surface area contributed by atoms with Crippen LogP contribution < -0.4 is 9.64 Å². The smallest absolute Gasteiger partial charge is 0.303 e. The van der Waals surface area contributed by atoms with Crippen LogP contribution in [-0.2, 0) is 16.6 Å². The van der Waals surface area contributed by atoms with Gasteiger partial charge in [-0.3, -0.25) is 4.79 Å². The fourth-order valence-corrected chi connectivity index (χ4v) is 6.74. The van der Waals surface area contributed by atoms with Crippen molar-refractivity contribution in [1.82, 2.24) is 0 Å². The number of hydrogen-bond donors (Lipinski definition) is 2. The molecule has 1 saturated carbocycles. The number of aliphatic carboxylic acids is 1. The summed E-state index contributed by atoms with van der Waals surface area (Å²) in [5.74, 6) is 0.549. The number of aliphatic hydroxyl groups is 1. The number of benzene rings is 2. The summed E-state index contributed by atoms with van der Waals surface area (Å²) in [5.41, 5.74) is 4.52. The Morgan fingerprint density at radius 1 is 1.31 bits per heavy atom. The molecule has 6 heteroatoms. The van der Waals surface area contributed by atoms with E-state index in [9.17, 15) is 15.0 Å². The highest BCUT2D eigenvalue weighted by Gasteiger charge is 2.44. The van der Waals surface area contributed by atoms with Gasteiger partial charge in [0.2, 0.25) is 0 Å². The average molecular weight is 510 g/mol. The maximum Gasteiger partial charge on any atom is 0.303 e. The summed E-state index contributed by atoms with van der Waals surface area (Å²) < 4.78 is 6.55. The number of carbonyl (C=O) groups is 1. The third-order valence-electron chi connectivity index (χ3n) is 8.72. The van der Waals surface area contributed by atoms with Gasteiger partial charge in [-0.2, -0.15) is 0 Å². The van der Waals surface area contributed by atoms with Gasteiger partial charge in [0.1, 0.15) is 5.75 Å². The third kappa shape index (κ3) is 4.76. The number of halogens is 1. The molecule has 2 aromatic carbocycles. The minimum absolute atomic E-state index is 0.0912. The highest BCUT2D eigenvalue weighted by molar-refractivity contribution is 6.30. The molecule has 1 fully saturated rings. The zero-order valence-electron chi connectivity index (χ0n) is 21.0. The second-order valence-electron chi connectivity index (χ2n) is 11.1. The Hall–Kier alpha value is -2.50. The largest absolute Gasteiger partial charge is 0.490 e. The quantitative estimate of drug-likeness (QED) is 0.450. The maximum absolute atomic E-state index is 11.4. The molecule has 192 valence electrons. The first-order valence-electron chi connectivity index (χ1n) is 13.1. The Morgan fingerprint density at radius 3 is 2.86 bits per heavy atom. The molecule has 2 aromatic rings. The van der Waals surface area contributed by atoms with Crippen LogP contribution in [-0.4, -0.2) is 42.0 Å². The monoisotopic (exact) mass is 509 g/mol. The van der Waals surface area contributed by atoms with E-state index in [1.807, 2.05) is 25.1 Å². The Kier molecular flexibility index (Phi) is 7.06. The van der Waals surface area contributed by atoms with Gasteiger partial charge >= 0.3 is 5.97 Å². The minimum Gasteiger partial charge on any atom is -0.490 e. The SMILES string of the molecule is C=CC(O)[C@@H]1CC[C@H]1CN1C[C@@]2(CCCc3cc(Cl)ccc32)COc2ccc([C@H](C)CC(=O)O)cc21. The number of rotatable bonds is 7. The molecule has 36 heavy (non-hydrogen) atoms. The zero-order chi connectivity index (χ0) is 25.4. The van der Waals surface area contributed by atoms with Gasteiger partial charge in [0, 0.05) is 23.5 Å². The van der Waals surface area contributed by atoms with Gasteiger partial charge in [-0.05, 0) is 90.8 Å². The van der Waals surface area contributed by atoms with Crippen molar-refractivity contribution >= 4 is 23.3 Å². The number of ether oxygens (including phenoxy) is 1. The van der Waals surface area contributed by atoms with Gasteiger partial charge in [0.05, 0.1) is 24.8 Å². The second-order valence-corrected chi connectivity index (χ2v) is 11.5. The van der Waals surface area contributed by atoms with Gasteiger partial charge in [-0.15, -0.1) is 6.58 Å². The summed E-state index contributed by atoms with van der Waals surface area (Å²) in [6, 6.07) is 12.4. The molecule has 0 saturated heterocycles. The Balaban J connectivity index is 1.53. The van der Waals surface area contributed by atoms with Crippen molar-refractivity contribution in [2.24, 2.45) is 11.8 Å². The second kappa shape index (κ2) is 10.1. The molecule has 1 unspecified atom stereocenters. The maximum atomic E-state index is 11.4. The number of aliphatic hydroxyl groups excluding tert-OH is 1. The summed E-state index contributed by atoms with van der Waals surface area (Å²) >= 11 is 6.36. The van der Waals surface area contributed by atoms with E-state index in [-0.39, 0.29) is 23.7 Å². The van der Waals surface area contributed by atoms with E-state index in [0.717, 1.165) is 67.2 Å². The summed E-state index contributed by atoms with van der Waals surface area (Å²) in [7, 11) is 0. The molecule has 5 atom stereocenters. The molecule has 3 aliphatic rings. The zero-order valence-corrected chi connectivity index (χ0v) is 21.7. The molecule has 0 bridgehead atoms. The molecule has 1 aliphatic heterocycles. The molecular formula is C30H36ClNO4. The van der Waals surface area contributed by atoms with Crippen molar-refractivity contribution in [2.45, 2.75) is 62.9 Å². The van der Waals surface area contributed by atoms with Gasteiger partial charge in [0.25, 0.3) is 0 Å². The summed E-state index contributed by atoms with van der Waals surface area (Å²) in [5, 5.41) is 20.6. The van der Waals surface area contributed by atoms with Crippen molar-refractivity contribution in [3.8, 4) is 5.75 Å². The Labute approximate surface area is 218 Å². The highest BCUT2D eigenvalue weighted by atomic mass is 35.5. The van der Waals surface area contributed by atoms with Crippen molar-refractivity contribution in [1.29, 1.82) is 0 Å². The number of anilines is 1. The van der Waals surface area contributed by atoms with Gasteiger partial charge < -0.3 is 19.8 Å². The van der Waals surface area contributed by atoms with Gasteiger partial charge in [0.15, 0.2) is 0 Å². The molecule has 1 spiro atoms. The predicted molar refractivity (Wildman–Crippen MR) is 143 cm³/mol. The Morgan fingerprint density at radius 2 is 2.14 bits per heavy atom. The number of nitrogens with zero attached hydrogens (tertiary/aromatic N) is 1.